The van der Waals surface area contributed by atoms with Crippen molar-refractivity contribution in [2.75, 3.05) is 27.2 Å². The standard InChI is InChI=1S/C13H20N2O4S2/c1-9-8-11(20-12(9)13(16)17)21(18,19)15(3)10-4-6-14(2)7-5-10/h8,10H,4-7H2,1-3H3,(H,16,17). The quantitative estimate of drug-likeness (QED) is 0.903. The van der Waals surface area contributed by atoms with Crippen molar-refractivity contribution in [3.63, 3.8) is 0 Å². The fraction of sp³-hybridized carbons (Fsp3) is 0.615. The van der Waals surface area contributed by atoms with Crippen molar-refractivity contribution in [1.29, 1.82) is 0 Å². The van der Waals surface area contributed by atoms with Gasteiger partial charge in [-0.3, -0.25) is 0 Å². The highest BCUT2D eigenvalue weighted by atomic mass is 32.2. The van der Waals surface area contributed by atoms with E-state index in [9.17, 15) is 13.2 Å². The summed E-state index contributed by atoms with van der Waals surface area (Å²) in [5.74, 6) is -1.08. The molecule has 0 saturated carbocycles. The smallest absolute Gasteiger partial charge is 0.346 e. The molecule has 1 aliphatic rings. The SMILES string of the molecule is Cc1cc(S(=O)(=O)N(C)C2CCN(C)CC2)sc1C(=O)O. The number of nitrogens with zero attached hydrogens (tertiary/aromatic N) is 2. The summed E-state index contributed by atoms with van der Waals surface area (Å²) in [5, 5.41) is 9.06. The molecule has 1 aromatic heterocycles. The highest BCUT2D eigenvalue weighted by molar-refractivity contribution is 7.91. The number of hydrogen-bond acceptors (Lipinski definition) is 5. The Morgan fingerprint density at radius 1 is 1.43 bits per heavy atom. The zero-order chi connectivity index (χ0) is 15.8. The van der Waals surface area contributed by atoms with E-state index in [1.54, 1.807) is 14.0 Å². The van der Waals surface area contributed by atoms with Gasteiger partial charge in [-0.25, -0.2) is 13.2 Å². The molecular weight excluding hydrogens is 312 g/mol. The Morgan fingerprint density at radius 3 is 2.48 bits per heavy atom. The number of thiophene rings is 1. The van der Waals surface area contributed by atoms with Crippen molar-refractivity contribution in [1.82, 2.24) is 9.21 Å². The van der Waals surface area contributed by atoms with Crippen molar-refractivity contribution < 1.29 is 18.3 Å². The van der Waals surface area contributed by atoms with Crippen molar-refractivity contribution in [3.8, 4) is 0 Å². The second-order valence-electron chi connectivity index (χ2n) is 5.44. The number of aromatic carboxylic acids is 1. The molecule has 0 aromatic carbocycles. The topological polar surface area (TPSA) is 77.9 Å². The molecule has 0 unspecified atom stereocenters. The lowest BCUT2D eigenvalue weighted by Gasteiger charge is -2.34. The van der Waals surface area contributed by atoms with Gasteiger partial charge in [0.15, 0.2) is 0 Å². The summed E-state index contributed by atoms with van der Waals surface area (Å²) in [6.45, 7) is 3.36. The zero-order valence-corrected chi connectivity index (χ0v) is 14.0. The third kappa shape index (κ3) is 3.28. The first-order chi connectivity index (χ1) is 9.73. The van der Waals surface area contributed by atoms with Gasteiger partial charge in [0.05, 0.1) is 0 Å². The minimum Gasteiger partial charge on any atom is -0.477 e. The van der Waals surface area contributed by atoms with E-state index < -0.39 is 16.0 Å². The molecule has 1 aromatic rings. The van der Waals surface area contributed by atoms with Crippen LogP contribution in [-0.2, 0) is 10.0 Å². The lowest BCUT2D eigenvalue weighted by molar-refractivity contribution is 0.0701. The molecule has 0 atom stereocenters. The Balaban J connectivity index is 2.25. The van der Waals surface area contributed by atoms with Gasteiger partial charge >= 0.3 is 5.97 Å². The highest BCUT2D eigenvalue weighted by Gasteiger charge is 2.32. The Morgan fingerprint density at radius 2 is 2.00 bits per heavy atom. The van der Waals surface area contributed by atoms with Gasteiger partial charge in [-0.05, 0) is 51.5 Å². The van der Waals surface area contributed by atoms with Gasteiger partial charge in [0.25, 0.3) is 10.0 Å². The molecule has 2 rings (SSSR count). The second-order valence-corrected chi connectivity index (χ2v) is 8.71. The van der Waals surface area contributed by atoms with E-state index in [2.05, 4.69) is 4.90 Å². The van der Waals surface area contributed by atoms with E-state index in [0.29, 0.717) is 5.56 Å². The molecule has 0 amide bonds. The maximum absolute atomic E-state index is 12.6. The maximum Gasteiger partial charge on any atom is 0.346 e. The summed E-state index contributed by atoms with van der Waals surface area (Å²) >= 11 is 0.828. The molecule has 6 nitrogen and oxygen atoms in total. The summed E-state index contributed by atoms with van der Waals surface area (Å²) < 4.78 is 26.8. The van der Waals surface area contributed by atoms with Gasteiger partial charge in [-0.2, -0.15) is 4.31 Å². The average Bonchev–Trinajstić information content (AvgIpc) is 2.82. The number of likely N-dealkylation sites (tertiary alicyclic amines) is 1. The molecule has 2 heterocycles. The molecule has 1 fully saturated rings. The van der Waals surface area contributed by atoms with Crippen LogP contribution in [0.25, 0.3) is 0 Å². The van der Waals surface area contributed by atoms with Crippen LogP contribution in [-0.4, -0.2) is 61.9 Å². The Labute approximate surface area is 129 Å². The number of carboxylic acids is 1. The summed E-state index contributed by atoms with van der Waals surface area (Å²) in [5.41, 5.74) is 0.489. The summed E-state index contributed by atoms with van der Waals surface area (Å²) in [6.07, 6.45) is 1.59. The van der Waals surface area contributed by atoms with Crippen LogP contribution < -0.4 is 0 Å². The molecule has 0 aliphatic carbocycles. The fourth-order valence-corrected chi connectivity index (χ4v) is 5.47. The predicted molar refractivity (Wildman–Crippen MR) is 81.5 cm³/mol. The van der Waals surface area contributed by atoms with Gasteiger partial charge in [-0.1, -0.05) is 0 Å². The fourth-order valence-electron chi connectivity index (χ4n) is 2.49. The third-order valence-corrected chi connectivity index (χ3v) is 7.51. The van der Waals surface area contributed by atoms with Crippen LogP contribution in [0.5, 0.6) is 0 Å². The Bertz CT molecular complexity index is 631. The Hall–Kier alpha value is -0.960. The molecular formula is C13H20N2O4S2. The first-order valence-electron chi connectivity index (χ1n) is 6.73. The molecule has 1 aliphatic heterocycles. The number of carbonyl (C=O) groups is 1. The average molecular weight is 332 g/mol. The van der Waals surface area contributed by atoms with Gasteiger partial charge in [0.2, 0.25) is 0 Å². The number of piperidine rings is 1. The molecule has 8 heteroatoms. The molecule has 1 N–H and O–H groups in total. The summed E-state index contributed by atoms with van der Waals surface area (Å²) in [4.78, 5) is 13.3. The first-order valence-corrected chi connectivity index (χ1v) is 8.99. The van der Waals surface area contributed by atoms with Crippen LogP contribution in [0.15, 0.2) is 10.3 Å². The van der Waals surface area contributed by atoms with Crippen LogP contribution in [0, 0.1) is 6.92 Å². The van der Waals surface area contributed by atoms with E-state index in [1.807, 2.05) is 7.05 Å². The molecule has 118 valence electrons. The van der Waals surface area contributed by atoms with Crippen LogP contribution >= 0.6 is 11.3 Å². The minimum absolute atomic E-state index is 0.0260. The van der Waals surface area contributed by atoms with E-state index >= 15 is 0 Å². The van der Waals surface area contributed by atoms with Crippen LogP contribution in [0.2, 0.25) is 0 Å². The van der Waals surface area contributed by atoms with Crippen molar-refractivity contribution in [3.05, 3.63) is 16.5 Å². The van der Waals surface area contributed by atoms with Crippen LogP contribution in [0.3, 0.4) is 0 Å². The normalized spacial score (nSPS) is 18.3. The van der Waals surface area contributed by atoms with Gasteiger partial charge < -0.3 is 10.0 Å². The molecule has 1 saturated heterocycles. The van der Waals surface area contributed by atoms with Crippen LogP contribution in [0.4, 0.5) is 0 Å². The number of aryl methyl sites for hydroxylation is 1. The minimum atomic E-state index is -3.62. The van der Waals surface area contributed by atoms with Crippen molar-refractivity contribution in [2.24, 2.45) is 0 Å². The van der Waals surface area contributed by atoms with E-state index in [0.717, 1.165) is 37.3 Å². The molecule has 0 bridgehead atoms. The number of rotatable bonds is 4. The Kier molecular flexibility index (Phi) is 4.72. The highest BCUT2D eigenvalue weighted by Crippen LogP contribution is 2.30. The molecule has 0 radical (unpaired) electrons. The number of hydrogen-bond donors (Lipinski definition) is 1. The first kappa shape index (κ1) is 16.4. The van der Waals surface area contributed by atoms with Crippen molar-refractivity contribution in [2.45, 2.75) is 30.0 Å². The van der Waals surface area contributed by atoms with E-state index in [-0.39, 0.29) is 15.1 Å². The monoisotopic (exact) mass is 332 g/mol. The maximum atomic E-state index is 12.6. The van der Waals surface area contributed by atoms with Gasteiger partial charge in [-0.15, -0.1) is 11.3 Å². The summed E-state index contributed by atoms with van der Waals surface area (Å²) in [7, 11) is -0.0168. The van der Waals surface area contributed by atoms with Gasteiger partial charge in [0, 0.05) is 13.1 Å². The van der Waals surface area contributed by atoms with Crippen LogP contribution in [0.1, 0.15) is 28.1 Å². The second kappa shape index (κ2) is 6.04. The van der Waals surface area contributed by atoms with E-state index in [4.69, 9.17) is 5.11 Å². The molecule has 21 heavy (non-hydrogen) atoms. The zero-order valence-electron chi connectivity index (χ0n) is 12.4. The third-order valence-electron chi connectivity index (χ3n) is 3.93. The lowest BCUT2D eigenvalue weighted by Crippen LogP contribution is -2.44. The number of sulfonamides is 1. The van der Waals surface area contributed by atoms with Gasteiger partial charge in [0.1, 0.15) is 9.09 Å². The predicted octanol–water partition coefficient (Wildman–Crippen LogP) is 1.47. The largest absolute Gasteiger partial charge is 0.477 e. The number of carboxylic acid groups (broad SMARTS) is 1. The van der Waals surface area contributed by atoms with Crippen molar-refractivity contribution >= 4 is 27.3 Å². The van der Waals surface area contributed by atoms with E-state index in [1.165, 1.54) is 10.4 Å². The summed E-state index contributed by atoms with van der Waals surface area (Å²) in [6, 6.07) is 1.43. The lowest BCUT2D eigenvalue weighted by atomic mass is 10.1. The molecule has 0 spiro atoms.